The van der Waals surface area contributed by atoms with Gasteiger partial charge in [-0.1, -0.05) is 18.2 Å². The Labute approximate surface area is 185 Å². The molecule has 1 fully saturated rings. The number of aromatic amines is 1. The van der Waals surface area contributed by atoms with Crippen molar-refractivity contribution in [2.24, 2.45) is 0 Å². The molecule has 4 rings (SSSR count). The van der Waals surface area contributed by atoms with Gasteiger partial charge in [-0.05, 0) is 30.2 Å². The maximum absolute atomic E-state index is 12.6. The highest BCUT2D eigenvalue weighted by molar-refractivity contribution is 5.96. The van der Waals surface area contributed by atoms with Gasteiger partial charge >= 0.3 is 0 Å². The lowest BCUT2D eigenvalue weighted by molar-refractivity contribution is -0.384. The molecule has 2 aromatic carbocycles. The average molecular weight is 435 g/mol. The third kappa shape index (κ3) is 4.41. The summed E-state index contributed by atoms with van der Waals surface area (Å²) in [7, 11) is 0. The SMILES string of the molecule is CC(=O)N1CCN(c2ccc(C(=O)NCCc3c[nH]c4ccccc34)cc2[N+](=O)[O-])CC1. The summed E-state index contributed by atoms with van der Waals surface area (Å²) in [6, 6.07) is 12.5. The number of hydrogen-bond acceptors (Lipinski definition) is 5. The first kappa shape index (κ1) is 21.4. The Morgan fingerprint density at radius 2 is 1.88 bits per heavy atom. The number of nitrogens with one attached hydrogen (secondary N) is 2. The predicted octanol–water partition coefficient (Wildman–Crippen LogP) is 2.72. The first-order valence-electron chi connectivity index (χ1n) is 10.6. The van der Waals surface area contributed by atoms with Gasteiger partial charge in [0.25, 0.3) is 11.6 Å². The summed E-state index contributed by atoms with van der Waals surface area (Å²) in [5.41, 5.74) is 2.76. The number of nitro benzene ring substituents is 1. The molecule has 0 atom stereocenters. The van der Waals surface area contributed by atoms with Crippen LogP contribution >= 0.6 is 0 Å². The van der Waals surface area contributed by atoms with Crippen molar-refractivity contribution in [3.05, 3.63) is 69.9 Å². The topological polar surface area (TPSA) is 112 Å². The number of fused-ring (bicyclic) bond motifs is 1. The molecule has 2 N–H and O–H groups in total. The third-order valence-electron chi connectivity index (χ3n) is 5.85. The molecule has 0 bridgehead atoms. The van der Waals surface area contributed by atoms with Crippen molar-refractivity contribution >= 4 is 34.1 Å². The first-order valence-corrected chi connectivity index (χ1v) is 10.6. The van der Waals surface area contributed by atoms with Crippen LogP contribution in [0.15, 0.2) is 48.7 Å². The summed E-state index contributed by atoms with van der Waals surface area (Å²) in [6.07, 6.45) is 2.58. The predicted molar refractivity (Wildman–Crippen MR) is 122 cm³/mol. The quantitative estimate of drug-likeness (QED) is 0.457. The smallest absolute Gasteiger partial charge is 0.293 e. The fraction of sp³-hybridized carbons (Fsp3) is 0.304. The summed E-state index contributed by atoms with van der Waals surface area (Å²) in [5.74, 6) is -0.348. The maximum Gasteiger partial charge on any atom is 0.293 e. The van der Waals surface area contributed by atoms with E-state index in [0.29, 0.717) is 44.8 Å². The zero-order valence-corrected chi connectivity index (χ0v) is 17.8. The van der Waals surface area contributed by atoms with Gasteiger partial charge in [0.15, 0.2) is 0 Å². The number of H-pyrrole nitrogens is 1. The summed E-state index contributed by atoms with van der Waals surface area (Å²) >= 11 is 0. The molecule has 9 nitrogen and oxygen atoms in total. The Morgan fingerprint density at radius 1 is 1.12 bits per heavy atom. The van der Waals surface area contributed by atoms with E-state index in [1.807, 2.05) is 35.4 Å². The number of benzene rings is 2. The molecule has 1 aromatic heterocycles. The van der Waals surface area contributed by atoms with Gasteiger partial charge in [-0.15, -0.1) is 0 Å². The normalized spacial score (nSPS) is 13.9. The van der Waals surface area contributed by atoms with Crippen molar-refractivity contribution in [2.75, 3.05) is 37.6 Å². The second-order valence-electron chi connectivity index (χ2n) is 7.82. The number of nitrogens with zero attached hydrogens (tertiary/aromatic N) is 3. The molecule has 32 heavy (non-hydrogen) atoms. The second kappa shape index (κ2) is 9.09. The van der Waals surface area contributed by atoms with E-state index in [4.69, 9.17) is 0 Å². The number of aromatic nitrogens is 1. The summed E-state index contributed by atoms with van der Waals surface area (Å²) in [4.78, 5) is 42.2. The van der Waals surface area contributed by atoms with Crippen LogP contribution in [-0.2, 0) is 11.2 Å². The average Bonchev–Trinajstić information content (AvgIpc) is 3.21. The zero-order chi connectivity index (χ0) is 22.7. The molecular weight excluding hydrogens is 410 g/mol. The van der Waals surface area contributed by atoms with Crippen molar-refractivity contribution in [1.82, 2.24) is 15.2 Å². The van der Waals surface area contributed by atoms with Crippen LogP contribution in [0.3, 0.4) is 0 Å². The van der Waals surface area contributed by atoms with E-state index >= 15 is 0 Å². The molecule has 0 radical (unpaired) electrons. The number of piperazine rings is 1. The Hall–Kier alpha value is -3.88. The van der Waals surface area contributed by atoms with Crippen LogP contribution in [0.25, 0.3) is 10.9 Å². The minimum atomic E-state index is -0.463. The Balaban J connectivity index is 1.42. The van der Waals surface area contributed by atoms with Crippen molar-refractivity contribution < 1.29 is 14.5 Å². The number of nitro groups is 1. The number of carbonyl (C=O) groups excluding carboxylic acids is 2. The molecule has 1 aliphatic heterocycles. The van der Waals surface area contributed by atoms with Crippen LogP contribution in [0.1, 0.15) is 22.8 Å². The number of carbonyl (C=O) groups is 2. The molecular formula is C23H25N5O4. The highest BCUT2D eigenvalue weighted by Gasteiger charge is 2.25. The molecule has 3 aromatic rings. The third-order valence-corrected chi connectivity index (χ3v) is 5.85. The lowest BCUT2D eigenvalue weighted by atomic mass is 10.1. The molecule has 1 saturated heterocycles. The van der Waals surface area contributed by atoms with Crippen molar-refractivity contribution in [2.45, 2.75) is 13.3 Å². The largest absolute Gasteiger partial charge is 0.362 e. The van der Waals surface area contributed by atoms with E-state index in [2.05, 4.69) is 10.3 Å². The van der Waals surface area contributed by atoms with Crippen LogP contribution in [-0.4, -0.2) is 59.3 Å². The summed E-state index contributed by atoms with van der Waals surface area (Å²) in [5, 5.41) is 15.7. The van der Waals surface area contributed by atoms with Crippen molar-refractivity contribution in [3.8, 4) is 0 Å². The molecule has 166 valence electrons. The van der Waals surface area contributed by atoms with E-state index < -0.39 is 4.92 Å². The number of anilines is 1. The fourth-order valence-electron chi connectivity index (χ4n) is 4.09. The molecule has 2 heterocycles. The van der Waals surface area contributed by atoms with Gasteiger partial charge in [0, 0.05) is 68.4 Å². The standard InChI is InChI=1S/C23H25N5O4/c1-16(29)26-10-12-27(13-11-26)21-7-6-17(14-22(21)28(31)32)23(30)24-9-8-18-15-25-20-5-3-2-4-19(18)20/h2-7,14-15,25H,8-13H2,1H3,(H,24,30). The van der Waals surface area contributed by atoms with Crippen LogP contribution in [0.2, 0.25) is 0 Å². The van der Waals surface area contributed by atoms with Gasteiger partial charge < -0.3 is 20.1 Å². The minimum Gasteiger partial charge on any atom is -0.362 e. The number of rotatable bonds is 6. The Kier molecular flexibility index (Phi) is 6.07. The van der Waals surface area contributed by atoms with Gasteiger partial charge in [-0.2, -0.15) is 0 Å². The van der Waals surface area contributed by atoms with Crippen molar-refractivity contribution in [3.63, 3.8) is 0 Å². The summed E-state index contributed by atoms with van der Waals surface area (Å²) in [6.45, 7) is 3.99. The number of para-hydroxylation sites is 1. The van der Waals surface area contributed by atoms with Crippen LogP contribution in [0.4, 0.5) is 11.4 Å². The lowest BCUT2D eigenvalue weighted by Crippen LogP contribution is -2.48. The highest BCUT2D eigenvalue weighted by Crippen LogP contribution is 2.30. The monoisotopic (exact) mass is 435 g/mol. The van der Waals surface area contributed by atoms with Gasteiger partial charge in [0.1, 0.15) is 5.69 Å². The van der Waals surface area contributed by atoms with Crippen LogP contribution in [0, 0.1) is 10.1 Å². The molecule has 0 saturated carbocycles. The van der Waals surface area contributed by atoms with Gasteiger partial charge in [-0.25, -0.2) is 0 Å². The fourth-order valence-corrected chi connectivity index (χ4v) is 4.09. The molecule has 0 unspecified atom stereocenters. The van der Waals surface area contributed by atoms with Gasteiger partial charge in [0.05, 0.1) is 4.92 Å². The van der Waals surface area contributed by atoms with E-state index in [1.54, 1.807) is 17.0 Å². The van der Waals surface area contributed by atoms with Gasteiger partial charge in [0.2, 0.25) is 5.91 Å². The second-order valence-corrected chi connectivity index (χ2v) is 7.82. The summed E-state index contributed by atoms with van der Waals surface area (Å²) < 4.78 is 0. The molecule has 1 aliphatic rings. The van der Waals surface area contributed by atoms with Crippen LogP contribution in [0.5, 0.6) is 0 Å². The molecule has 0 aliphatic carbocycles. The molecule has 0 spiro atoms. The Bertz CT molecular complexity index is 1160. The number of hydrogen-bond donors (Lipinski definition) is 2. The van der Waals surface area contributed by atoms with E-state index in [0.717, 1.165) is 16.5 Å². The molecule has 9 heteroatoms. The van der Waals surface area contributed by atoms with Gasteiger partial charge in [-0.3, -0.25) is 19.7 Å². The van der Waals surface area contributed by atoms with E-state index in [1.165, 1.54) is 13.0 Å². The van der Waals surface area contributed by atoms with E-state index in [-0.39, 0.29) is 23.1 Å². The zero-order valence-electron chi connectivity index (χ0n) is 17.8. The number of amides is 2. The van der Waals surface area contributed by atoms with E-state index in [9.17, 15) is 19.7 Å². The minimum absolute atomic E-state index is 0.00111. The molecule has 2 amide bonds. The highest BCUT2D eigenvalue weighted by atomic mass is 16.6. The first-order chi connectivity index (χ1) is 15.4. The Morgan fingerprint density at radius 3 is 2.59 bits per heavy atom. The lowest BCUT2D eigenvalue weighted by Gasteiger charge is -2.35. The van der Waals surface area contributed by atoms with Crippen LogP contribution < -0.4 is 10.2 Å². The van der Waals surface area contributed by atoms with Crippen molar-refractivity contribution in [1.29, 1.82) is 0 Å². The maximum atomic E-state index is 12.6.